The van der Waals surface area contributed by atoms with Crippen molar-refractivity contribution in [1.82, 2.24) is 14.9 Å². The molecule has 232 valence electrons. The number of phosphoric acid groups is 1. The number of aliphatic carboxylic acids is 1. The van der Waals surface area contributed by atoms with Crippen LogP contribution in [0.3, 0.4) is 0 Å². The highest BCUT2D eigenvalue weighted by Gasteiger charge is 2.57. The molecule has 1 aromatic heterocycles. The summed E-state index contributed by atoms with van der Waals surface area (Å²) in [5.41, 5.74) is 4.44. The van der Waals surface area contributed by atoms with E-state index in [0.717, 1.165) is 17.7 Å². The molecular weight excluding hydrogens is 583 g/mol. The number of carbonyl (C=O) groups is 2. The molecule has 1 unspecified atom stereocenters. The van der Waals surface area contributed by atoms with E-state index in [4.69, 9.17) is 15.2 Å². The highest BCUT2D eigenvalue weighted by molar-refractivity contribution is 7.45. The van der Waals surface area contributed by atoms with Gasteiger partial charge in [0, 0.05) is 19.5 Å². The zero-order valence-electron chi connectivity index (χ0n) is 21.2. The average molecular weight is 613 g/mol. The summed E-state index contributed by atoms with van der Waals surface area (Å²) in [5.74, 6) is -6.32. The van der Waals surface area contributed by atoms with Crippen molar-refractivity contribution < 1.29 is 73.3 Å². The summed E-state index contributed by atoms with van der Waals surface area (Å²) in [4.78, 5) is 51.9. The van der Waals surface area contributed by atoms with Gasteiger partial charge in [0.05, 0.1) is 25.4 Å². The largest absolute Gasteiger partial charge is 0.756 e. The molecule has 2 saturated heterocycles. The first kappa shape index (κ1) is 32.9. The number of carbonyl (C=O) groups excluding carboxylic acids is 1. The van der Waals surface area contributed by atoms with Gasteiger partial charge in [-0.3, -0.25) is 18.5 Å². The number of nitrogen functional groups attached to an aromatic ring is 1. The third kappa shape index (κ3) is 7.25. The van der Waals surface area contributed by atoms with Gasteiger partial charge in [0.25, 0.3) is 13.6 Å². The van der Waals surface area contributed by atoms with Crippen LogP contribution in [0, 0.1) is 0 Å². The smallest absolute Gasteiger partial charge is 0.364 e. The number of phosphoric ester groups is 1. The van der Waals surface area contributed by atoms with E-state index in [2.05, 4.69) is 19.3 Å². The molecule has 41 heavy (non-hydrogen) atoms. The summed E-state index contributed by atoms with van der Waals surface area (Å²) in [5, 5.41) is 72.5. The maximum atomic E-state index is 12.7. The molecule has 11 atom stereocenters. The first-order chi connectivity index (χ1) is 19.0. The molecular formula is C20H30N4O16P-. The van der Waals surface area contributed by atoms with Crippen LogP contribution in [0.1, 0.15) is 19.6 Å². The van der Waals surface area contributed by atoms with E-state index in [0.29, 0.717) is 0 Å². The Hall–Kier alpha value is -2.59. The number of rotatable bonds is 11. The van der Waals surface area contributed by atoms with E-state index in [9.17, 15) is 59.6 Å². The van der Waals surface area contributed by atoms with E-state index in [1.165, 1.54) is 6.07 Å². The third-order valence-electron chi connectivity index (χ3n) is 6.31. The number of hydrogen-bond donors (Lipinski definition) is 9. The Balaban J connectivity index is 1.79. The number of carboxylic acids is 1. The number of anilines is 1. The SMILES string of the molecule is CC(=O)N[C@H]1[C@H]([C@H](O)[C@H](O)CO)O[C@](OP(=O)([O-])OC[C@H]2O[C@@H](n3ccc(N)nc3=O)[C@H](O)[C@@H]2O)(C(=O)O)C[C@@H]1O. The van der Waals surface area contributed by atoms with E-state index in [1.54, 1.807) is 0 Å². The lowest BCUT2D eigenvalue weighted by Gasteiger charge is -2.47. The van der Waals surface area contributed by atoms with Crippen molar-refractivity contribution in [3.63, 3.8) is 0 Å². The van der Waals surface area contributed by atoms with Crippen molar-refractivity contribution in [2.24, 2.45) is 0 Å². The van der Waals surface area contributed by atoms with Crippen molar-refractivity contribution in [3.05, 3.63) is 22.7 Å². The molecule has 2 fully saturated rings. The monoisotopic (exact) mass is 613 g/mol. The van der Waals surface area contributed by atoms with Crippen molar-refractivity contribution in [2.75, 3.05) is 18.9 Å². The number of nitrogens with one attached hydrogen (secondary N) is 1. The van der Waals surface area contributed by atoms with Gasteiger partial charge in [-0.05, 0) is 6.07 Å². The lowest BCUT2D eigenvalue weighted by Crippen LogP contribution is -2.67. The molecule has 0 aliphatic carbocycles. The van der Waals surface area contributed by atoms with Gasteiger partial charge < -0.3 is 65.7 Å². The quantitative estimate of drug-likeness (QED) is 0.105. The fourth-order valence-corrected chi connectivity index (χ4v) is 5.25. The number of aliphatic hydroxyl groups is 6. The lowest BCUT2D eigenvalue weighted by molar-refractivity contribution is -0.313. The zero-order valence-corrected chi connectivity index (χ0v) is 22.1. The minimum absolute atomic E-state index is 0.143. The Morgan fingerprint density at radius 3 is 2.56 bits per heavy atom. The Morgan fingerprint density at radius 1 is 1.34 bits per heavy atom. The molecule has 0 saturated carbocycles. The van der Waals surface area contributed by atoms with E-state index in [1.807, 2.05) is 0 Å². The molecule has 0 spiro atoms. The lowest BCUT2D eigenvalue weighted by atomic mass is 9.88. The first-order valence-corrected chi connectivity index (χ1v) is 13.3. The Kier molecular flexibility index (Phi) is 10.2. The van der Waals surface area contributed by atoms with E-state index >= 15 is 0 Å². The van der Waals surface area contributed by atoms with Gasteiger partial charge in [-0.25, -0.2) is 9.59 Å². The van der Waals surface area contributed by atoms with Crippen LogP contribution in [0.2, 0.25) is 0 Å². The van der Waals surface area contributed by atoms with Gasteiger partial charge in [-0.2, -0.15) is 4.98 Å². The van der Waals surface area contributed by atoms with Crippen molar-refractivity contribution >= 4 is 25.5 Å². The molecule has 3 heterocycles. The predicted molar refractivity (Wildman–Crippen MR) is 126 cm³/mol. The van der Waals surface area contributed by atoms with Gasteiger partial charge in [0.2, 0.25) is 5.91 Å². The first-order valence-electron chi connectivity index (χ1n) is 11.9. The van der Waals surface area contributed by atoms with Crippen molar-refractivity contribution in [3.8, 4) is 0 Å². The molecule has 1 aromatic rings. The number of amides is 1. The molecule has 2 aliphatic heterocycles. The standard InChI is InChI=1S/C20H31N4O16P/c1-7(26)22-12-8(27)4-20(18(32)33,39-16(12)13(29)9(28)5-25)40-41(35,36)37-6-10-14(30)15(31)17(38-10)24-3-2-11(21)23-19(24)34/h2-3,8-10,12-17,25,27-31H,4-6H2,1H3,(H,22,26)(H,32,33)(H,35,36)(H2,21,23,34)/p-1/t8-,9+,10+,12+,13+,14+,15+,16+,17+,20+/m0/s1. The molecule has 20 nitrogen and oxygen atoms in total. The molecule has 21 heteroatoms. The van der Waals surface area contributed by atoms with Gasteiger partial charge in [0.15, 0.2) is 6.23 Å². The van der Waals surface area contributed by atoms with Crippen molar-refractivity contribution in [2.45, 2.75) is 74.1 Å². The van der Waals surface area contributed by atoms with Crippen LogP contribution in [0.25, 0.3) is 0 Å². The maximum absolute atomic E-state index is 12.7. The highest BCUT2D eigenvalue weighted by atomic mass is 31.2. The minimum atomic E-state index is -5.77. The summed E-state index contributed by atoms with van der Waals surface area (Å²) >= 11 is 0. The second-order valence-corrected chi connectivity index (χ2v) is 10.6. The van der Waals surface area contributed by atoms with Gasteiger partial charge in [-0.15, -0.1) is 0 Å². The molecule has 0 radical (unpaired) electrons. The minimum Gasteiger partial charge on any atom is -0.756 e. The maximum Gasteiger partial charge on any atom is 0.364 e. The second kappa shape index (κ2) is 12.7. The zero-order chi connectivity index (χ0) is 30.9. The summed E-state index contributed by atoms with van der Waals surface area (Å²) in [6.07, 6.45) is -14.9. The molecule has 0 aromatic carbocycles. The molecule has 3 rings (SSSR count). The summed E-state index contributed by atoms with van der Waals surface area (Å²) in [7, 11) is -5.77. The van der Waals surface area contributed by atoms with Gasteiger partial charge in [-0.1, -0.05) is 0 Å². The van der Waals surface area contributed by atoms with Crippen LogP contribution >= 0.6 is 7.82 Å². The number of carboxylic acid groups (broad SMARTS) is 1. The highest BCUT2D eigenvalue weighted by Crippen LogP contribution is 2.48. The average Bonchev–Trinajstić information content (AvgIpc) is 3.16. The number of aliphatic hydroxyl groups excluding tert-OH is 6. The van der Waals surface area contributed by atoms with E-state index < -0.39 is 106 Å². The fourth-order valence-electron chi connectivity index (χ4n) is 4.31. The molecule has 0 bridgehead atoms. The second-order valence-electron chi connectivity index (χ2n) is 9.30. The number of hydrogen-bond acceptors (Lipinski definition) is 17. The molecule has 10 N–H and O–H groups in total. The van der Waals surface area contributed by atoms with Gasteiger partial charge >= 0.3 is 11.7 Å². The van der Waals surface area contributed by atoms with Gasteiger partial charge in [0.1, 0.15) is 42.4 Å². The van der Waals surface area contributed by atoms with Crippen LogP contribution < -0.4 is 21.6 Å². The topological polar surface area (TPSA) is 326 Å². The summed E-state index contributed by atoms with van der Waals surface area (Å²) < 4.78 is 33.3. The fraction of sp³-hybridized carbons (Fsp3) is 0.700. The van der Waals surface area contributed by atoms with Crippen LogP contribution in [0.4, 0.5) is 5.82 Å². The Morgan fingerprint density at radius 2 is 2.00 bits per heavy atom. The number of nitrogens with zero attached hydrogens (tertiary/aromatic N) is 2. The van der Waals surface area contributed by atoms with E-state index in [-0.39, 0.29) is 5.82 Å². The third-order valence-corrected chi connectivity index (χ3v) is 7.29. The Bertz CT molecular complexity index is 1220. The molecule has 2 aliphatic rings. The summed E-state index contributed by atoms with van der Waals surface area (Å²) in [6.45, 7) is -1.13. The predicted octanol–water partition coefficient (Wildman–Crippen LogP) is -5.90. The number of aromatic nitrogens is 2. The molecule has 1 amide bonds. The van der Waals surface area contributed by atoms with Crippen molar-refractivity contribution in [1.29, 1.82) is 0 Å². The van der Waals surface area contributed by atoms with Crippen LogP contribution in [-0.2, 0) is 32.7 Å². The number of nitrogens with two attached hydrogens (primary N) is 1. The number of ether oxygens (including phenoxy) is 2. The van der Waals surface area contributed by atoms with Crippen LogP contribution in [0.5, 0.6) is 0 Å². The normalized spacial score (nSPS) is 34.9. The van der Waals surface area contributed by atoms with Crippen LogP contribution in [-0.4, -0.2) is 125 Å². The Labute approximate surface area is 230 Å². The van der Waals surface area contributed by atoms with Crippen LogP contribution in [0.15, 0.2) is 17.1 Å². The summed E-state index contributed by atoms with van der Waals surface area (Å²) in [6, 6.07) is -0.393.